The summed E-state index contributed by atoms with van der Waals surface area (Å²) >= 11 is 0. The van der Waals surface area contributed by atoms with Crippen LogP contribution in [0.5, 0.6) is 5.75 Å². The number of pyridine rings is 1. The van der Waals surface area contributed by atoms with E-state index in [-0.39, 0.29) is 5.75 Å². The highest BCUT2D eigenvalue weighted by Gasteiger charge is 2.18. The Bertz CT molecular complexity index is 552. The maximum absolute atomic E-state index is 10.2. The van der Waals surface area contributed by atoms with E-state index in [1.165, 1.54) is 30.4 Å². The molecule has 0 saturated carbocycles. The summed E-state index contributed by atoms with van der Waals surface area (Å²) in [6.07, 6.45) is 6.73. The maximum Gasteiger partial charge on any atom is 0.268 e. The number of benzene rings is 1. The number of hydrogen-bond acceptors (Lipinski definition) is 2. The summed E-state index contributed by atoms with van der Waals surface area (Å²) < 4.78 is 1.20. The fraction of sp³-hybridized carbons (Fsp3) is 0.438. The molecule has 1 heterocycles. The summed E-state index contributed by atoms with van der Waals surface area (Å²) in [7, 11) is 0. The second-order valence-electron chi connectivity index (χ2n) is 5.01. The van der Waals surface area contributed by atoms with Crippen LogP contribution in [0.1, 0.15) is 44.7 Å². The third-order valence-electron chi connectivity index (χ3n) is 3.52. The topological polar surface area (TPSA) is 44.3 Å². The number of aryl methyl sites for hydroxylation is 1. The molecule has 1 aromatic heterocycles. The second kappa shape index (κ2) is 6.41. The minimum atomic E-state index is 0.240. The zero-order chi connectivity index (χ0) is 13.7. The summed E-state index contributed by atoms with van der Waals surface area (Å²) in [6.45, 7) is 2.20. The summed E-state index contributed by atoms with van der Waals surface area (Å²) in [4.78, 5) is 0. The molecule has 0 aliphatic carbocycles. The zero-order valence-corrected chi connectivity index (χ0v) is 11.5. The summed E-state index contributed by atoms with van der Waals surface area (Å²) in [5.41, 5.74) is 1.43. The van der Waals surface area contributed by atoms with Crippen molar-refractivity contribution in [3.63, 3.8) is 0 Å². The molecule has 2 rings (SSSR count). The van der Waals surface area contributed by atoms with E-state index in [0.717, 1.165) is 18.5 Å². The van der Waals surface area contributed by atoms with Gasteiger partial charge in [0.15, 0.2) is 0 Å². The number of aromatic nitrogens is 1. The van der Waals surface area contributed by atoms with Gasteiger partial charge in [-0.3, -0.25) is 5.21 Å². The molecule has 3 nitrogen and oxygen atoms in total. The Kier molecular flexibility index (Phi) is 4.61. The van der Waals surface area contributed by atoms with E-state index in [0.29, 0.717) is 10.9 Å². The van der Waals surface area contributed by atoms with Crippen LogP contribution >= 0.6 is 0 Å². The molecule has 0 aliphatic rings. The number of fused-ring (bicyclic) bond motifs is 1. The van der Waals surface area contributed by atoms with Crippen LogP contribution in [0, 0.1) is 0 Å². The third kappa shape index (κ3) is 3.16. The van der Waals surface area contributed by atoms with Crippen molar-refractivity contribution < 1.29 is 15.0 Å². The van der Waals surface area contributed by atoms with Gasteiger partial charge in [0.05, 0.1) is 11.5 Å². The largest absolute Gasteiger partial charge is 0.507 e. The van der Waals surface area contributed by atoms with Crippen molar-refractivity contribution in [3.8, 4) is 5.75 Å². The van der Waals surface area contributed by atoms with Gasteiger partial charge in [-0.15, -0.1) is 0 Å². The highest BCUT2D eigenvalue weighted by atomic mass is 16.5. The van der Waals surface area contributed by atoms with Gasteiger partial charge in [0.25, 0.3) is 5.52 Å². The first-order valence-corrected chi connectivity index (χ1v) is 7.09. The van der Waals surface area contributed by atoms with E-state index in [4.69, 9.17) is 0 Å². The van der Waals surface area contributed by atoms with Gasteiger partial charge >= 0.3 is 0 Å². The Hall–Kier alpha value is -1.77. The third-order valence-corrected chi connectivity index (χ3v) is 3.52. The lowest BCUT2D eigenvalue weighted by Crippen LogP contribution is -2.36. The molecule has 19 heavy (non-hydrogen) atoms. The van der Waals surface area contributed by atoms with Crippen LogP contribution in [0.25, 0.3) is 10.9 Å². The molecule has 1 aromatic carbocycles. The highest BCUT2D eigenvalue weighted by molar-refractivity contribution is 5.81. The lowest BCUT2D eigenvalue weighted by molar-refractivity contribution is -0.889. The van der Waals surface area contributed by atoms with Gasteiger partial charge in [-0.1, -0.05) is 44.7 Å². The van der Waals surface area contributed by atoms with Gasteiger partial charge in [-0.25, -0.2) is 0 Å². The molecule has 2 aromatic rings. The molecule has 3 heteroatoms. The first kappa shape index (κ1) is 13.7. The van der Waals surface area contributed by atoms with Crippen molar-refractivity contribution in [2.24, 2.45) is 0 Å². The van der Waals surface area contributed by atoms with Crippen LogP contribution in [-0.2, 0) is 6.42 Å². The van der Waals surface area contributed by atoms with Crippen molar-refractivity contribution >= 4 is 10.9 Å². The van der Waals surface area contributed by atoms with E-state index in [9.17, 15) is 10.3 Å². The molecule has 0 fully saturated rings. The molecular formula is C16H22NO2+. The van der Waals surface area contributed by atoms with E-state index < -0.39 is 0 Å². The van der Waals surface area contributed by atoms with Crippen molar-refractivity contribution in [3.05, 3.63) is 36.0 Å². The van der Waals surface area contributed by atoms with Gasteiger partial charge in [0.1, 0.15) is 5.75 Å². The van der Waals surface area contributed by atoms with Gasteiger partial charge in [-0.2, -0.15) is 0 Å². The minimum absolute atomic E-state index is 0.240. The molecule has 0 saturated heterocycles. The quantitative estimate of drug-likeness (QED) is 0.473. The molecule has 0 atom stereocenters. The lowest BCUT2D eigenvalue weighted by Gasteiger charge is -2.03. The number of rotatable bonds is 6. The summed E-state index contributed by atoms with van der Waals surface area (Å²) in [5, 5.41) is 20.9. The number of unbranched alkanes of at least 4 members (excludes halogenated alkanes) is 4. The standard InChI is InChI=1S/C16H21NO2/c1-2-3-4-5-6-9-13-12-16(18)14-10-7-8-11-15(14)17(13)19/h7-8,10-12,19H,2-6,9H2,1H3/p+1. The van der Waals surface area contributed by atoms with Crippen LogP contribution in [0.4, 0.5) is 0 Å². The highest BCUT2D eigenvalue weighted by Crippen LogP contribution is 2.23. The average molecular weight is 260 g/mol. The van der Waals surface area contributed by atoms with Crippen LogP contribution in [0.2, 0.25) is 0 Å². The van der Waals surface area contributed by atoms with E-state index in [1.807, 2.05) is 24.3 Å². The first-order chi connectivity index (χ1) is 9.24. The lowest BCUT2D eigenvalue weighted by atomic mass is 10.1. The Morgan fingerprint density at radius 3 is 2.58 bits per heavy atom. The SMILES string of the molecule is CCCCCCCc1cc(O)c2ccccc2[n+]1O. The number of para-hydroxylation sites is 1. The van der Waals surface area contributed by atoms with Gasteiger partial charge in [0.2, 0.25) is 5.69 Å². The van der Waals surface area contributed by atoms with E-state index in [2.05, 4.69) is 6.92 Å². The number of aromatic hydroxyl groups is 1. The Labute approximate surface area is 114 Å². The van der Waals surface area contributed by atoms with E-state index in [1.54, 1.807) is 6.07 Å². The predicted molar refractivity (Wildman–Crippen MR) is 75.5 cm³/mol. The Morgan fingerprint density at radius 2 is 1.79 bits per heavy atom. The zero-order valence-electron chi connectivity index (χ0n) is 11.5. The molecule has 0 unspecified atom stereocenters. The first-order valence-electron chi connectivity index (χ1n) is 7.09. The Morgan fingerprint density at radius 1 is 1.05 bits per heavy atom. The van der Waals surface area contributed by atoms with Gasteiger partial charge in [-0.05, 0) is 12.5 Å². The predicted octanol–water partition coefficient (Wildman–Crippen LogP) is 3.58. The van der Waals surface area contributed by atoms with Gasteiger partial charge < -0.3 is 5.11 Å². The summed E-state index contributed by atoms with van der Waals surface area (Å²) in [6, 6.07) is 9.01. The summed E-state index contributed by atoms with van der Waals surface area (Å²) in [5.74, 6) is 0.240. The molecular weight excluding hydrogens is 238 g/mol. The van der Waals surface area contributed by atoms with Crippen molar-refractivity contribution in [2.45, 2.75) is 45.4 Å². The molecule has 0 spiro atoms. The molecule has 2 N–H and O–H groups in total. The van der Waals surface area contributed by atoms with Gasteiger partial charge in [0, 0.05) is 17.2 Å². The molecule has 0 aliphatic heterocycles. The monoisotopic (exact) mass is 260 g/mol. The number of hydrogen-bond donors (Lipinski definition) is 2. The average Bonchev–Trinajstić information content (AvgIpc) is 2.44. The number of nitrogens with zero attached hydrogens (tertiary/aromatic N) is 1. The Balaban J connectivity index is 2.13. The second-order valence-corrected chi connectivity index (χ2v) is 5.01. The fourth-order valence-corrected chi connectivity index (χ4v) is 2.41. The van der Waals surface area contributed by atoms with Crippen LogP contribution in [-0.4, -0.2) is 10.3 Å². The molecule has 0 bridgehead atoms. The van der Waals surface area contributed by atoms with Crippen molar-refractivity contribution in [2.75, 3.05) is 0 Å². The maximum atomic E-state index is 10.2. The van der Waals surface area contributed by atoms with Crippen LogP contribution in [0.3, 0.4) is 0 Å². The minimum Gasteiger partial charge on any atom is -0.507 e. The molecule has 0 amide bonds. The normalized spacial score (nSPS) is 11.0. The van der Waals surface area contributed by atoms with Crippen molar-refractivity contribution in [1.82, 2.24) is 0 Å². The van der Waals surface area contributed by atoms with Crippen LogP contribution in [0.15, 0.2) is 30.3 Å². The molecule has 102 valence electrons. The van der Waals surface area contributed by atoms with Crippen LogP contribution < -0.4 is 4.73 Å². The fourth-order valence-electron chi connectivity index (χ4n) is 2.41. The smallest absolute Gasteiger partial charge is 0.268 e. The van der Waals surface area contributed by atoms with Crippen molar-refractivity contribution in [1.29, 1.82) is 0 Å². The molecule has 0 radical (unpaired) electrons. The van der Waals surface area contributed by atoms with E-state index >= 15 is 0 Å².